The first-order valence-corrected chi connectivity index (χ1v) is 6.98. The second-order valence-corrected chi connectivity index (χ2v) is 5.24. The minimum atomic E-state index is -0.00333. The van der Waals surface area contributed by atoms with Gasteiger partial charge in [-0.15, -0.1) is 0 Å². The standard InChI is InChI=1S/C16H19N5/c1-11-7-8-12(10-18-11)14(19-17)9-15-13-5-3-4-6-16(13)21(2)20-15/h3-8,10,14,19H,9,17H2,1-2H3. The molecule has 1 unspecified atom stereocenters. The van der Waals surface area contributed by atoms with E-state index in [1.807, 2.05) is 43.0 Å². The predicted molar refractivity (Wildman–Crippen MR) is 83.5 cm³/mol. The number of fused-ring (bicyclic) bond motifs is 1. The van der Waals surface area contributed by atoms with Crippen molar-refractivity contribution >= 4 is 10.9 Å². The first-order chi connectivity index (χ1) is 10.2. The lowest BCUT2D eigenvalue weighted by molar-refractivity contribution is 0.541. The average Bonchev–Trinajstić information content (AvgIpc) is 2.83. The van der Waals surface area contributed by atoms with Crippen molar-refractivity contribution in [2.75, 3.05) is 0 Å². The zero-order valence-corrected chi connectivity index (χ0v) is 12.2. The summed E-state index contributed by atoms with van der Waals surface area (Å²) < 4.78 is 1.91. The summed E-state index contributed by atoms with van der Waals surface area (Å²) >= 11 is 0. The Labute approximate surface area is 123 Å². The van der Waals surface area contributed by atoms with Crippen molar-refractivity contribution < 1.29 is 0 Å². The Bertz CT molecular complexity index is 745. The molecule has 0 aliphatic rings. The molecule has 1 atom stereocenters. The van der Waals surface area contributed by atoms with Crippen molar-refractivity contribution in [3.63, 3.8) is 0 Å². The zero-order valence-electron chi connectivity index (χ0n) is 12.2. The van der Waals surface area contributed by atoms with Crippen LogP contribution in [-0.4, -0.2) is 14.8 Å². The average molecular weight is 281 g/mol. The van der Waals surface area contributed by atoms with Crippen molar-refractivity contribution in [1.82, 2.24) is 20.2 Å². The molecule has 2 aromatic heterocycles. The first-order valence-electron chi connectivity index (χ1n) is 6.98. The lowest BCUT2D eigenvalue weighted by Gasteiger charge is -2.15. The maximum atomic E-state index is 5.73. The van der Waals surface area contributed by atoms with Gasteiger partial charge in [0.15, 0.2) is 0 Å². The lowest BCUT2D eigenvalue weighted by Crippen LogP contribution is -2.29. The van der Waals surface area contributed by atoms with E-state index in [0.717, 1.165) is 28.9 Å². The number of pyridine rings is 1. The molecule has 2 heterocycles. The number of benzene rings is 1. The summed E-state index contributed by atoms with van der Waals surface area (Å²) in [5.41, 5.74) is 7.10. The summed E-state index contributed by atoms with van der Waals surface area (Å²) in [4.78, 5) is 4.34. The molecule has 0 saturated heterocycles. The van der Waals surface area contributed by atoms with Gasteiger partial charge >= 0.3 is 0 Å². The van der Waals surface area contributed by atoms with E-state index in [-0.39, 0.29) is 6.04 Å². The van der Waals surface area contributed by atoms with Crippen LogP contribution >= 0.6 is 0 Å². The van der Waals surface area contributed by atoms with Crippen molar-refractivity contribution in [3.8, 4) is 0 Å². The number of nitrogens with zero attached hydrogens (tertiary/aromatic N) is 3. The Balaban J connectivity index is 1.94. The Morgan fingerprint density at radius 3 is 2.76 bits per heavy atom. The van der Waals surface area contributed by atoms with E-state index in [1.54, 1.807) is 0 Å². The van der Waals surface area contributed by atoms with Crippen molar-refractivity contribution in [3.05, 3.63) is 59.5 Å². The van der Waals surface area contributed by atoms with Gasteiger partial charge in [0.25, 0.3) is 0 Å². The van der Waals surface area contributed by atoms with Gasteiger partial charge < -0.3 is 0 Å². The van der Waals surface area contributed by atoms with Crippen molar-refractivity contribution in [2.45, 2.75) is 19.4 Å². The van der Waals surface area contributed by atoms with Gasteiger partial charge in [-0.25, -0.2) is 0 Å². The molecular weight excluding hydrogens is 262 g/mol. The number of hydrazine groups is 1. The molecule has 3 N–H and O–H groups in total. The molecule has 0 radical (unpaired) electrons. The maximum Gasteiger partial charge on any atom is 0.0722 e. The van der Waals surface area contributed by atoms with E-state index in [2.05, 4.69) is 33.7 Å². The van der Waals surface area contributed by atoms with Gasteiger partial charge in [0.1, 0.15) is 0 Å². The number of aryl methyl sites for hydroxylation is 2. The summed E-state index contributed by atoms with van der Waals surface area (Å²) in [5, 5.41) is 5.79. The van der Waals surface area contributed by atoms with E-state index in [4.69, 9.17) is 5.84 Å². The molecule has 3 aromatic rings. The smallest absolute Gasteiger partial charge is 0.0722 e. The van der Waals surface area contributed by atoms with E-state index >= 15 is 0 Å². The third kappa shape index (κ3) is 2.66. The van der Waals surface area contributed by atoms with Gasteiger partial charge in [0.2, 0.25) is 0 Å². The highest BCUT2D eigenvalue weighted by Crippen LogP contribution is 2.23. The minimum absolute atomic E-state index is 0.00333. The Kier molecular flexibility index (Phi) is 3.68. The van der Waals surface area contributed by atoms with Gasteiger partial charge in [-0.3, -0.25) is 20.9 Å². The number of para-hydroxylation sites is 1. The van der Waals surface area contributed by atoms with Crippen LogP contribution in [0.2, 0.25) is 0 Å². The molecular formula is C16H19N5. The monoisotopic (exact) mass is 281 g/mol. The number of aromatic nitrogens is 3. The Hall–Kier alpha value is -2.24. The number of hydrogen-bond acceptors (Lipinski definition) is 4. The summed E-state index contributed by atoms with van der Waals surface area (Å²) in [6.07, 6.45) is 2.59. The molecule has 0 amide bonds. The third-order valence-corrected chi connectivity index (χ3v) is 3.77. The Morgan fingerprint density at radius 1 is 1.24 bits per heavy atom. The van der Waals surface area contributed by atoms with Gasteiger partial charge in [-0.05, 0) is 24.6 Å². The predicted octanol–water partition coefficient (Wildman–Crippen LogP) is 2.02. The number of nitrogens with one attached hydrogen (secondary N) is 1. The Morgan fingerprint density at radius 2 is 2.05 bits per heavy atom. The van der Waals surface area contributed by atoms with Gasteiger partial charge in [-0.1, -0.05) is 24.3 Å². The summed E-state index contributed by atoms with van der Waals surface area (Å²) in [6, 6.07) is 12.3. The highest BCUT2D eigenvalue weighted by molar-refractivity contribution is 5.81. The van der Waals surface area contributed by atoms with E-state index in [1.165, 1.54) is 5.39 Å². The quantitative estimate of drug-likeness (QED) is 0.567. The highest BCUT2D eigenvalue weighted by Gasteiger charge is 2.16. The molecule has 0 spiro atoms. The van der Waals surface area contributed by atoms with Crippen LogP contribution in [0.25, 0.3) is 10.9 Å². The minimum Gasteiger partial charge on any atom is -0.271 e. The van der Waals surface area contributed by atoms with Crippen LogP contribution in [0, 0.1) is 6.92 Å². The number of nitrogens with two attached hydrogens (primary N) is 1. The molecule has 108 valence electrons. The summed E-state index contributed by atoms with van der Waals surface area (Å²) in [7, 11) is 1.96. The first kappa shape index (κ1) is 13.7. The molecule has 0 aliphatic carbocycles. The van der Waals surface area contributed by atoms with E-state index in [9.17, 15) is 0 Å². The molecule has 0 aliphatic heterocycles. The fourth-order valence-corrected chi connectivity index (χ4v) is 2.59. The summed E-state index contributed by atoms with van der Waals surface area (Å²) in [6.45, 7) is 1.97. The van der Waals surface area contributed by atoms with Crippen LogP contribution in [0.3, 0.4) is 0 Å². The fourth-order valence-electron chi connectivity index (χ4n) is 2.59. The SMILES string of the molecule is Cc1ccc(C(Cc2nn(C)c3ccccc23)NN)cn1. The van der Waals surface area contributed by atoms with Crippen LogP contribution in [0.5, 0.6) is 0 Å². The molecule has 0 bridgehead atoms. The molecule has 5 heteroatoms. The van der Waals surface area contributed by atoms with Gasteiger partial charge in [0.05, 0.1) is 17.3 Å². The molecule has 5 nitrogen and oxygen atoms in total. The third-order valence-electron chi connectivity index (χ3n) is 3.77. The van der Waals surface area contributed by atoms with E-state index < -0.39 is 0 Å². The topological polar surface area (TPSA) is 68.8 Å². The van der Waals surface area contributed by atoms with Crippen LogP contribution in [0.1, 0.15) is 23.0 Å². The molecule has 1 aromatic carbocycles. The normalized spacial score (nSPS) is 12.7. The number of rotatable bonds is 4. The molecule has 0 fully saturated rings. The second-order valence-electron chi connectivity index (χ2n) is 5.24. The van der Waals surface area contributed by atoms with Crippen molar-refractivity contribution in [2.24, 2.45) is 12.9 Å². The van der Waals surface area contributed by atoms with E-state index in [0.29, 0.717) is 0 Å². The van der Waals surface area contributed by atoms with Crippen LogP contribution in [-0.2, 0) is 13.5 Å². The molecule has 21 heavy (non-hydrogen) atoms. The highest BCUT2D eigenvalue weighted by atomic mass is 15.3. The lowest BCUT2D eigenvalue weighted by atomic mass is 10.0. The summed E-state index contributed by atoms with van der Waals surface area (Å²) in [5.74, 6) is 5.73. The zero-order chi connectivity index (χ0) is 14.8. The van der Waals surface area contributed by atoms with Crippen LogP contribution in [0.15, 0.2) is 42.6 Å². The van der Waals surface area contributed by atoms with Crippen molar-refractivity contribution in [1.29, 1.82) is 0 Å². The maximum absolute atomic E-state index is 5.73. The van der Waals surface area contributed by atoms with Gasteiger partial charge in [-0.2, -0.15) is 5.10 Å². The second kappa shape index (κ2) is 5.63. The van der Waals surface area contributed by atoms with Crippen LogP contribution in [0.4, 0.5) is 0 Å². The number of hydrogen-bond donors (Lipinski definition) is 2. The molecule has 3 rings (SSSR count). The molecule has 0 saturated carbocycles. The fraction of sp³-hybridized carbons (Fsp3) is 0.250. The van der Waals surface area contributed by atoms with Crippen LogP contribution < -0.4 is 11.3 Å². The van der Waals surface area contributed by atoms with Gasteiger partial charge in [0, 0.05) is 30.7 Å². The largest absolute Gasteiger partial charge is 0.271 e.